The van der Waals surface area contributed by atoms with E-state index in [4.69, 9.17) is 16.2 Å². The zero-order valence-corrected chi connectivity index (χ0v) is 16.3. The van der Waals surface area contributed by atoms with Crippen LogP contribution in [-0.2, 0) is 16.1 Å². The van der Waals surface area contributed by atoms with Gasteiger partial charge in [0.2, 0.25) is 0 Å². The first-order chi connectivity index (χ1) is 12.4. The average molecular weight is 365 g/mol. The summed E-state index contributed by atoms with van der Waals surface area (Å²) >= 11 is 0. The van der Waals surface area contributed by atoms with Crippen molar-refractivity contribution in [3.05, 3.63) is 35.9 Å². The number of rotatable bonds is 14. The van der Waals surface area contributed by atoms with Crippen molar-refractivity contribution in [2.24, 2.45) is 11.5 Å². The predicted octanol–water partition coefficient (Wildman–Crippen LogP) is 1.53. The maximum Gasteiger partial charge on any atom is 0.326 e. The molecule has 2 unspecified atom stereocenters. The molecule has 1 aromatic rings. The number of carbonyl (C=O) groups excluding carboxylic acids is 1. The quantitative estimate of drug-likeness (QED) is 0.295. The van der Waals surface area contributed by atoms with Gasteiger partial charge in [0.05, 0.1) is 0 Å². The molecule has 0 aliphatic rings. The molecule has 2 atom stereocenters. The Morgan fingerprint density at radius 2 is 1.73 bits per heavy atom. The first-order valence-corrected chi connectivity index (χ1v) is 9.59. The Morgan fingerprint density at radius 1 is 1.12 bits per heavy atom. The SMILES string of the molecule is CC(N)CCNCCCCNCCC(C)(N)C(=O)OCc1ccccc1. The number of ether oxygens (including phenoxy) is 1. The number of hydrogen-bond acceptors (Lipinski definition) is 6. The minimum absolute atomic E-state index is 0.258. The van der Waals surface area contributed by atoms with Crippen LogP contribution in [0, 0.1) is 0 Å². The van der Waals surface area contributed by atoms with E-state index in [0.29, 0.717) is 13.0 Å². The zero-order chi connectivity index (χ0) is 19.3. The van der Waals surface area contributed by atoms with Crippen LogP contribution in [0.2, 0.25) is 0 Å². The number of nitrogens with one attached hydrogen (secondary N) is 2. The lowest BCUT2D eigenvalue weighted by atomic mass is 9.99. The maximum atomic E-state index is 12.2. The van der Waals surface area contributed by atoms with Crippen LogP contribution in [0.5, 0.6) is 0 Å². The molecule has 0 radical (unpaired) electrons. The molecule has 0 spiro atoms. The molecule has 0 saturated heterocycles. The molecule has 148 valence electrons. The second kappa shape index (κ2) is 12.8. The van der Waals surface area contributed by atoms with Crippen molar-refractivity contribution in [2.75, 3.05) is 26.2 Å². The summed E-state index contributed by atoms with van der Waals surface area (Å²) in [6, 6.07) is 9.88. The van der Waals surface area contributed by atoms with Crippen molar-refractivity contribution in [3.8, 4) is 0 Å². The normalized spacial score (nSPS) is 14.6. The van der Waals surface area contributed by atoms with E-state index in [0.717, 1.165) is 44.5 Å². The third-order valence-corrected chi connectivity index (χ3v) is 4.23. The second-order valence-electron chi connectivity index (χ2n) is 7.20. The highest BCUT2D eigenvalue weighted by atomic mass is 16.5. The Hall–Kier alpha value is -1.47. The highest BCUT2D eigenvalue weighted by Gasteiger charge is 2.29. The average Bonchev–Trinajstić information content (AvgIpc) is 2.61. The topological polar surface area (TPSA) is 102 Å². The molecule has 1 rings (SSSR count). The van der Waals surface area contributed by atoms with E-state index >= 15 is 0 Å². The monoisotopic (exact) mass is 364 g/mol. The lowest BCUT2D eigenvalue weighted by molar-refractivity contribution is -0.151. The molecule has 0 aliphatic heterocycles. The highest BCUT2D eigenvalue weighted by Crippen LogP contribution is 2.10. The standard InChI is InChI=1S/C20H36N4O2/c1-17(21)10-14-23-12-6-7-13-24-15-11-20(2,22)19(25)26-16-18-8-4-3-5-9-18/h3-5,8-9,17,23-24H,6-7,10-16,21-22H2,1-2H3. The van der Waals surface area contributed by atoms with Gasteiger partial charge in [-0.3, -0.25) is 4.79 Å². The van der Waals surface area contributed by atoms with Gasteiger partial charge in [0.25, 0.3) is 0 Å². The van der Waals surface area contributed by atoms with Gasteiger partial charge in [-0.1, -0.05) is 30.3 Å². The Kier molecular flexibility index (Phi) is 11.1. The molecule has 6 nitrogen and oxygen atoms in total. The Morgan fingerprint density at radius 3 is 2.35 bits per heavy atom. The molecule has 0 bridgehead atoms. The summed E-state index contributed by atoms with van der Waals surface area (Å²) in [5, 5.41) is 6.73. The van der Waals surface area contributed by atoms with Crippen LogP contribution in [0.1, 0.15) is 45.1 Å². The van der Waals surface area contributed by atoms with E-state index < -0.39 is 5.54 Å². The number of carbonyl (C=O) groups is 1. The zero-order valence-electron chi connectivity index (χ0n) is 16.3. The van der Waals surface area contributed by atoms with Gasteiger partial charge in [0.15, 0.2) is 0 Å². The van der Waals surface area contributed by atoms with Crippen LogP contribution < -0.4 is 22.1 Å². The van der Waals surface area contributed by atoms with E-state index in [9.17, 15) is 4.79 Å². The summed E-state index contributed by atoms with van der Waals surface area (Å²) in [7, 11) is 0. The van der Waals surface area contributed by atoms with E-state index in [1.165, 1.54) is 0 Å². The van der Waals surface area contributed by atoms with Crippen LogP contribution in [-0.4, -0.2) is 43.7 Å². The van der Waals surface area contributed by atoms with Gasteiger partial charge in [0.1, 0.15) is 12.1 Å². The largest absolute Gasteiger partial charge is 0.459 e. The van der Waals surface area contributed by atoms with Crippen LogP contribution in [0.15, 0.2) is 30.3 Å². The second-order valence-corrected chi connectivity index (χ2v) is 7.20. The number of unbranched alkanes of at least 4 members (excludes halogenated alkanes) is 1. The molecule has 26 heavy (non-hydrogen) atoms. The summed E-state index contributed by atoms with van der Waals surface area (Å²) in [6.07, 6.45) is 3.76. The highest BCUT2D eigenvalue weighted by molar-refractivity contribution is 5.80. The van der Waals surface area contributed by atoms with E-state index in [2.05, 4.69) is 10.6 Å². The minimum Gasteiger partial charge on any atom is -0.459 e. The smallest absolute Gasteiger partial charge is 0.326 e. The van der Waals surface area contributed by atoms with E-state index in [1.807, 2.05) is 37.3 Å². The molecule has 6 heteroatoms. The fourth-order valence-electron chi connectivity index (χ4n) is 2.42. The van der Waals surface area contributed by atoms with Gasteiger partial charge in [-0.05, 0) is 71.3 Å². The van der Waals surface area contributed by atoms with Gasteiger partial charge >= 0.3 is 5.97 Å². The number of esters is 1. The summed E-state index contributed by atoms with van der Waals surface area (Å²) in [4.78, 5) is 12.2. The van der Waals surface area contributed by atoms with Crippen molar-refractivity contribution < 1.29 is 9.53 Å². The summed E-state index contributed by atoms with van der Waals surface area (Å²) in [5.74, 6) is -0.360. The van der Waals surface area contributed by atoms with Gasteiger partial charge in [-0.15, -0.1) is 0 Å². The number of nitrogens with two attached hydrogens (primary N) is 2. The van der Waals surface area contributed by atoms with Gasteiger partial charge in [-0.2, -0.15) is 0 Å². The predicted molar refractivity (Wildman–Crippen MR) is 107 cm³/mol. The Labute approximate surface area is 158 Å². The summed E-state index contributed by atoms with van der Waals surface area (Å²) in [6.45, 7) is 7.61. The summed E-state index contributed by atoms with van der Waals surface area (Å²) in [5.41, 5.74) is 11.8. The fourth-order valence-corrected chi connectivity index (χ4v) is 2.42. The third kappa shape index (κ3) is 10.5. The molecule has 0 aliphatic carbocycles. The van der Waals surface area contributed by atoms with Crippen LogP contribution in [0.25, 0.3) is 0 Å². The van der Waals surface area contributed by atoms with Gasteiger partial charge < -0.3 is 26.8 Å². The van der Waals surface area contributed by atoms with Crippen LogP contribution >= 0.6 is 0 Å². The van der Waals surface area contributed by atoms with Crippen molar-refractivity contribution >= 4 is 5.97 Å². The van der Waals surface area contributed by atoms with E-state index in [1.54, 1.807) is 6.92 Å². The first-order valence-electron chi connectivity index (χ1n) is 9.59. The van der Waals surface area contributed by atoms with Crippen molar-refractivity contribution in [3.63, 3.8) is 0 Å². The molecule has 0 saturated carbocycles. The molecule has 0 aromatic heterocycles. The fraction of sp³-hybridized carbons (Fsp3) is 0.650. The van der Waals surface area contributed by atoms with Crippen molar-refractivity contribution in [1.29, 1.82) is 0 Å². The Bertz CT molecular complexity index is 492. The number of hydrogen-bond donors (Lipinski definition) is 4. The first kappa shape index (κ1) is 22.6. The van der Waals surface area contributed by atoms with Crippen molar-refractivity contribution in [2.45, 2.75) is 57.7 Å². The van der Waals surface area contributed by atoms with Crippen LogP contribution in [0.3, 0.4) is 0 Å². The lowest BCUT2D eigenvalue weighted by Crippen LogP contribution is -2.48. The Balaban J connectivity index is 2.05. The molecule has 0 fully saturated rings. The molecular weight excluding hydrogens is 328 g/mol. The maximum absolute atomic E-state index is 12.2. The van der Waals surface area contributed by atoms with Gasteiger partial charge in [0, 0.05) is 6.04 Å². The van der Waals surface area contributed by atoms with E-state index in [-0.39, 0.29) is 18.6 Å². The molecule has 0 heterocycles. The molecule has 1 aromatic carbocycles. The molecular formula is C20H36N4O2. The lowest BCUT2D eigenvalue weighted by Gasteiger charge is -2.22. The van der Waals surface area contributed by atoms with Crippen molar-refractivity contribution in [1.82, 2.24) is 10.6 Å². The molecule has 0 amide bonds. The number of benzene rings is 1. The minimum atomic E-state index is -0.970. The van der Waals surface area contributed by atoms with Crippen LogP contribution in [0.4, 0.5) is 0 Å². The molecule has 6 N–H and O–H groups in total. The van der Waals surface area contributed by atoms with Gasteiger partial charge in [-0.25, -0.2) is 0 Å². The summed E-state index contributed by atoms with van der Waals surface area (Å²) < 4.78 is 5.33. The third-order valence-electron chi connectivity index (χ3n) is 4.23.